The van der Waals surface area contributed by atoms with Crippen LogP contribution in [0, 0.1) is 0 Å². The summed E-state index contributed by atoms with van der Waals surface area (Å²) >= 11 is 0. The second-order valence-electron chi connectivity index (χ2n) is 12.8. The molecule has 0 aromatic heterocycles. The monoisotopic (exact) mass is 578 g/mol. The maximum absolute atomic E-state index is 2.50. The fourth-order valence-electron chi connectivity index (χ4n) is 8.56. The van der Waals surface area contributed by atoms with Crippen LogP contribution in [0.15, 0.2) is 158 Å². The third kappa shape index (κ3) is 3.13. The van der Waals surface area contributed by atoms with Gasteiger partial charge in [-0.15, -0.1) is 0 Å². The quantitative estimate of drug-likeness (QED) is 0.134. The highest BCUT2D eigenvalue weighted by molar-refractivity contribution is 6.37. The van der Waals surface area contributed by atoms with Crippen molar-refractivity contribution in [1.82, 2.24) is 0 Å². The van der Waals surface area contributed by atoms with Crippen molar-refractivity contribution < 1.29 is 0 Å². The lowest BCUT2D eigenvalue weighted by Crippen LogP contribution is -1.91. The molecule has 11 aromatic rings. The summed E-state index contributed by atoms with van der Waals surface area (Å²) < 4.78 is 0. The van der Waals surface area contributed by atoms with Crippen molar-refractivity contribution in [2.75, 3.05) is 0 Å². The zero-order valence-electron chi connectivity index (χ0n) is 25.0. The van der Waals surface area contributed by atoms with E-state index in [-0.39, 0.29) is 0 Å². The third-order valence-corrected chi connectivity index (χ3v) is 10.5. The summed E-state index contributed by atoms with van der Waals surface area (Å²) in [7, 11) is 0. The fourth-order valence-corrected chi connectivity index (χ4v) is 8.56. The van der Waals surface area contributed by atoms with Gasteiger partial charge in [-0.1, -0.05) is 140 Å². The average molecular weight is 579 g/mol. The molecule has 0 N–H and O–H groups in total. The maximum atomic E-state index is 2.50. The van der Waals surface area contributed by atoms with Crippen LogP contribution >= 0.6 is 0 Å². The van der Waals surface area contributed by atoms with E-state index in [9.17, 15) is 0 Å². The Morgan fingerprint density at radius 2 is 0.696 bits per heavy atom. The minimum Gasteiger partial charge on any atom is -0.0616 e. The van der Waals surface area contributed by atoms with Crippen molar-refractivity contribution in [2.45, 2.75) is 0 Å². The summed E-state index contributed by atoms with van der Waals surface area (Å²) in [5.74, 6) is 0. The highest BCUT2D eigenvalue weighted by atomic mass is 14.2. The van der Waals surface area contributed by atoms with Gasteiger partial charge in [0.05, 0.1) is 0 Å². The van der Waals surface area contributed by atoms with Crippen LogP contribution in [-0.4, -0.2) is 0 Å². The standard InChI is InChI=1S/C46H26/c1-3-13-34-27(8-1)22-23-39-40(34)25-31-9-2-4-14-35(31)42(39)33-24-32-21-20-30-11-6-16-37-36-15-5-10-28-18-19-29-12-7-17-38(45(29)43(28)36)41(26-33)46(32)44(30)37/h1-26H. The zero-order valence-corrected chi connectivity index (χ0v) is 25.0. The first-order valence-electron chi connectivity index (χ1n) is 16.1. The molecule has 0 amide bonds. The predicted octanol–water partition coefficient (Wildman–Crippen LogP) is 13.2. The molecule has 0 spiro atoms. The van der Waals surface area contributed by atoms with Gasteiger partial charge in [-0.25, -0.2) is 0 Å². The summed E-state index contributed by atoms with van der Waals surface area (Å²) in [4.78, 5) is 0. The van der Waals surface area contributed by atoms with Gasteiger partial charge < -0.3 is 0 Å². The van der Waals surface area contributed by atoms with Crippen molar-refractivity contribution >= 4 is 97.0 Å². The van der Waals surface area contributed by atoms with Gasteiger partial charge in [-0.05, 0) is 126 Å². The second-order valence-corrected chi connectivity index (χ2v) is 12.8. The van der Waals surface area contributed by atoms with Crippen LogP contribution in [0.4, 0.5) is 0 Å². The van der Waals surface area contributed by atoms with Crippen LogP contribution in [0.25, 0.3) is 108 Å². The minimum atomic E-state index is 1.26. The number of hydrogen-bond donors (Lipinski definition) is 0. The molecular weight excluding hydrogens is 553 g/mol. The van der Waals surface area contributed by atoms with Crippen molar-refractivity contribution in [3.63, 3.8) is 0 Å². The van der Waals surface area contributed by atoms with E-state index in [0.29, 0.717) is 0 Å². The van der Waals surface area contributed by atoms with Crippen LogP contribution in [-0.2, 0) is 0 Å². The average Bonchev–Trinajstić information content (AvgIpc) is 3.11. The first kappa shape index (κ1) is 24.4. The molecule has 11 rings (SSSR count). The van der Waals surface area contributed by atoms with E-state index in [2.05, 4.69) is 158 Å². The lowest BCUT2D eigenvalue weighted by atomic mass is 9.85. The number of rotatable bonds is 1. The molecule has 0 unspecified atom stereocenters. The molecule has 0 atom stereocenters. The molecule has 0 heterocycles. The Hall–Kier alpha value is -5.98. The van der Waals surface area contributed by atoms with Gasteiger partial charge in [0.2, 0.25) is 0 Å². The van der Waals surface area contributed by atoms with Crippen molar-refractivity contribution in [1.29, 1.82) is 0 Å². The van der Waals surface area contributed by atoms with Gasteiger partial charge in [0.1, 0.15) is 0 Å². The van der Waals surface area contributed by atoms with E-state index in [1.54, 1.807) is 0 Å². The molecule has 11 aromatic carbocycles. The normalized spacial score (nSPS) is 12.3. The van der Waals surface area contributed by atoms with Crippen LogP contribution in [0.1, 0.15) is 0 Å². The summed E-state index contributed by atoms with van der Waals surface area (Å²) in [5, 5.41) is 23.5. The molecule has 46 heavy (non-hydrogen) atoms. The van der Waals surface area contributed by atoms with E-state index in [1.165, 1.54) is 108 Å². The van der Waals surface area contributed by atoms with Crippen molar-refractivity contribution in [3.05, 3.63) is 158 Å². The first-order valence-corrected chi connectivity index (χ1v) is 16.1. The Balaban J connectivity index is 1.43. The van der Waals surface area contributed by atoms with Crippen molar-refractivity contribution in [2.24, 2.45) is 0 Å². The molecule has 0 fully saturated rings. The third-order valence-electron chi connectivity index (χ3n) is 10.5. The molecule has 0 radical (unpaired) electrons. The van der Waals surface area contributed by atoms with Gasteiger partial charge in [0.25, 0.3) is 0 Å². The summed E-state index contributed by atoms with van der Waals surface area (Å²) in [6.07, 6.45) is 0. The highest BCUT2D eigenvalue weighted by Crippen LogP contribution is 2.46. The molecule has 0 saturated heterocycles. The minimum absolute atomic E-state index is 1.26. The number of hydrogen-bond acceptors (Lipinski definition) is 0. The Labute approximate surface area is 265 Å². The van der Waals surface area contributed by atoms with E-state index < -0.39 is 0 Å². The molecular formula is C46H26. The largest absolute Gasteiger partial charge is 0.0616 e. The smallest absolute Gasteiger partial charge is 0.00199 e. The molecule has 0 aliphatic carbocycles. The van der Waals surface area contributed by atoms with E-state index in [1.807, 2.05) is 0 Å². The van der Waals surface area contributed by atoms with E-state index in [4.69, 9.17) is 0 Å². The van der Waals surface area contributed by atoms with E-state index in [0.717, 1.165) is 0 Å². The van der Waals surface area contributed by atoms with Crippen LogP contribution in [0.5, 0.6) is 0 Å². The predicted molar refractivity (Wildman–Crippen MR) is 201 cm³/mol. The number of fused-ring (bicyclic) bond motifs is 6. The summed E-state index contributed by atoms with van der Waals surface area (Å²) in [6, 6.07) is 59.3. The molecule has 0 heteroatoms. The molecule has 0 bridgehead atoms. The molecule has 0 saturated carbocycles. The SMILES string of the molecule is c1ccc2c(-c3cc4ccc5cccc6c7cccc8ccc9cccc(c(c3)c4c56)c9c87)c3ccc4ccccc4c3cc2c1. The van der Waals surface area contributed by atoms with Gasteiger partial charge in [0, 0.05) is 0 Å². The Morgan fingerprint density at radius 3 is 1.37 bits per heavy atom. The summed E-state index contributed by atoms with van der Waals surface area (Å²) in [6.45, 7) is 0. The molecule has 0 aliphatic heterocycles. The van der Waals surface area contributed by atoms with Gasteiger partial charge in [0.15, 0.2) is 0 Å². The zero-order chi connectivity index (χ0) is 29.9. The molecule has 0 nitrogen and oxygen atoms in total. The Morgan fingerprint density at radius 1 is 0.217 bits per heavy atom. The van der Waals surface area contributed by atoms with Crippen LogP contribution < -0.4 is 0 Å². The van der Waals surface area contributed by atoms with Crippen LogP contribution in [0.3, 0.4) is 0 Å². The van der Waals surface area contributed by atoms with Crippen LogP contribution in [0.2, 0.25) is 0 Å². The van der Waals surface area contributed by atoms with Gasteiger partial charge in [-0.3, -0.25) is 0 Å². The lowest BCUT2D eigenvalue weighted by molar-refractivity contribution is 1.73. The molecule has 0 aliphatic rings. The maximum Gasteiger partial charge on any atom is -0.00199 e. The second kappa shape index (κ2) is 8.81. The fraction of sp³-hybridized carbons (Fsp3) is 0. The van der Waals surface area contributed by atoms with Gasteiger partial charge >= 0.3 is 0 Å². The number of benzene rings is 10. The topological polar surface area (TPSA) is 0 Å². The summed E-state index contributed by atoms with van der Waals surface area (Å²) in [5.41, 5.74) is 2.56. The Bertz CT molecular complexity index is 3060. The van der Waals surface area contributed by atoms with Gasteiger partial charge in [-0.2, -0.15) is 0 Å². The van der Waals surface area contributed by atoms with Crippen molar-refractivity contribution in [3.8, 4) is 11.1 Å². The molecule has 210 valence electrons. The lowest BCUT2D eigenvalue weighted by Gasteiger charge is -2.18. The highest BCUT2D eigenvalue weighted by Gasteiger charge is 2.18. The Kier molecular flexibility index (Phi) is 4.66. The first-order chi connectivity index (χ1) is 22.8. The van der Waals surface area contributed by atoms with E-state index >= 15 is 0 Å².